The smallest absolute Gasteiger partial charge is 0.306 e. The maximum absolute atomic E-state index is 12.7. The third-order valence-corrected chi connectivity index (χ3v) is 13.0. The van der Waals surface area contributed by atoms with Crippen molar-refractivity contribution in [2.75, 3.05) is 13.2 Å². The lowest BCUT2D eigenvalue weighted by Gasteiger charge is -2.18. The lowest BCUT2D eigenvalue weighted by atomic mass is 9.99. The molecule has 0 aromatic carbocycles. The lowest BCUT2D eigenvalue weighted by Crippen LogP contribution is -2.30. The molecule has 0 rings (SSSR count). The van der Waals surface area contributed by atoms with E-state index in [2.05, 4.69) is 41.5 Å². The molecule has 0 aromatic heterocycles. The molecule has 0 bridgehead atoms. The van der Waals surface area contributed by atoms with Crippen molar-refractivity contribution in [1.82, 2.24) is 0 Å². The van der Waals surface area contributed by atoms with Crippen LogP contribution in [0.4, 0.5) is 0 Å². The normalized spacial score (nSPS) is 12.6. The monoisotopic (exact) mass is 877 g/mol. The SMILES string of the molecule is CCC(C)CCCCCCCCCCCCCCCCCCCCC(=O)OC[C@H](COC(=O)CCCCCCCCCCCCC(C)C)OC(=O)CCCCCCCCC(C)C. The van der Waals surface area contributed by atoms with E-state index in [1.807, 2.05) is 0 Å². The number of hydrogen-bond acceptors (Lipinski definition) is 6. The van der Waals surface area contributed by atoms with E-state index in [9.17, 15) is 14.4 Å². The maximum atomic E-state index is 12.7. The molecule has 0 aliphatic carbocycles. The first-order valence-electron chi connectivity index (χ1n) is 27.6. The van der Waals surface area contributed by atoms with E-state index in [1.54, 1.807) is 0 Å². The topological polar surface area (TPSA) is 78.9 Å². The second kappa shape index (κ2) is 47.4. The van der Waals surface area contributed by atoms with Gasteiger partial charge < -0.3 is 14.2 Å². The van der Waals surface area contributed by atoms with Crippen LogP contribution in [0.5, 0.6) is 0 Å². The fourth-order valence-corrected chi connectivity index (χ4v) is 8.44. The van der Waals surface area contributed by atoms with Crippen LogP contribution in [0.25, 0.3) is 0 Å². The van der Waals surface area contributed by atoms with Gasteiger partial charge in [-0.25, -0.2) is 0 Å². The van der Waals surface area contributed by atoms with Gasteiger partial charge in [0.15, 0.2) is 6.10 Å². The van der Waals surface area contributed by atoms with Crippen molar-refractivity contribution < 1.29 is 28.6 Å². The molecule has 0 spiro atoms. The molecule has 0 heterocycles. The molecule has 6 heteroatoms. The van der Waals surface area contributed by atoms with Crippen LogP contribution in [-0.2, 0) is 28.6 Å². The summed E-state index contributed by atoms with van der Waals surface area (Å²) < 4.78 is 16.8. The van der Waals surface area contributed by atoms with Crippen LogP contribution in [0.1, 0.15) is 305 Å². The number of ether oxygens (including phenoxy) is 3. The van der Waals surface area contributed by atoms with Crippen molar-refractivity contribution >= 4 is 17.9 Å². The average molecular weight is 877 g/mol. The molecule has 2 atom stereocenters. The van der Waals surface area contributed by atoms with E-state index in [4.69, 9.17) is 14.2 Å². The average Bonchev–Trinajstić information content (AvgIpc) is 3.24. The summed E-state index contributed by atoms with van der Waals surface area (Å²) in [4.78, 5) is 37.9. The number of rotatable bonds is 49. The van der Waals surface area contributed by atoms with Crippen LogP contribution in [0, 0.1) is 17.8 Å². The van der Waals surface area contributed by atoms with Gasteiger partial charge in [-0.05, 0) is 37.0 Å². The molecule has 0 aliphatic heterocycles. The quantitative estimate of drug-likeness (QED) is 0.0344. The van der Waals surface area contributed by atoms with E-state index < -0.39 is 6.10 Å². The number of carbonyl (C=O) groups is 3. The van der Waals surface area contributed by atoms with Gasteiger partial charge in [-0.3, -0.25) is 14.4 Å². The highest BCUT2D eigenvalue weighted by atomic mass is 16.6. The highest BCUT2D eigenvalue weighted by Crippen LogP contribution is 2.18. The Morgan fingerprint density at radius 2 is 0.565 bits per heavy atom. The molecule has 6 nitrogen and oxygen atoms in total. The molecule has 0 fully saturated rings. The third kappa shape index (κ3) is 47.9. The van der Waals surface area contributed by atoms with Crippen molar-refractivity contribution in [3.05, 3.63) is 0 Å². The van der Waals surface area contributed by atoms with Crippen molar-refractivity contribution in [3.8, 4) is 0 Å². The van der Waals surface area contributed by atoms with Gasteiger partial charge in [-0.2, -0.15) is 0 Å². The Morgan fingerprint density at radius 1 is 0.323 bits per heavy atom. The Hall–Kier alpha value is -1.59. The molecule has 368 valence electrons. The zero-order chi connectivity index (χ0) is 45.6. The highest BCUT2D eigenvalue weighted by Gasteiger charge is 2.19. The van der Waals surface area contributed by atoms with Crippen molar-refractivity contribution in [2.45, 2.75) is 311 Å². The summed E-state index contributed by atoms with van der Waals surface area (Å²) in [6, 6.07) is 0. The number of esters is 3. The van der Waals surface area contributed by atoms with Crippen LogP contribution in [0.2, 0.25) is 0 Å². The Morgan fingerprint density at radius 3 is 0.839 bits per heavy atom. The van der Waals surface area contributed by atoms with E-state index in [1.165, 1.54) is 186 Å². The number of hydrogen-bond donors (Lipinski definition) is 0. The lowest BCUT2D eigenvalue weighted by molar-refractivity contribution is -0.167. The highest BCUT2D eigenvalue weighted by molar-refractivity contribution is 5.71. The van der Waals surface area contributed by atoms with Gasteiger partial charge in [-0.15, -0.1) is 0 Å². The first-order chi connectivity index (χ1) is 30.1. The molecule has 0 N–H and O–H groups in total. The third-order valence-electron chi connectivity index (χ3n) is 13.0. The predicted molar refractivity (Wildman–Crippen MR) is 266 cm³/mol. The standard InChI is InChI=1S/C56H108O6/c1-7-52(6)44-38-32-25-21-16-14-12-10-8-9-11-13-15-17-22-26-33-39-45-54(57)60-48-53(62-56(59)47-41-35-29-28-31-37-43-51(4)5)49-61-55(58)46-40-34-27-23-19-18-20-24-30-36-42-50(2)3/h50-53H,7-49H2,1-6H3/t52?,53-/m1/s1. The Labute approximate surface area is 387 Å². The molecular weight excluding hydrogens is 769 g/mol. The Balaban J connectivity index is 4.15. The van der Waals surface area contributed by atoms with Crippen LogP contribution in [0.15, 0.2) is 0 Å². The largest absolute Gasteiger partial charge is 0.462 e. The summed E-state index contributed by atoms with van der Waals surface area (Å²) >= 11 is 0. The van der Waals surface area contributed by atoms with Crippen LogP contribution in [0.3, 0.4) is 0 Å². The summed E-state index contributed by atoms with van der Waals surface area (Å²) in [5.41, 5.74) is 0. The molecule has 0 amide bonds. The molecular formula is C56H108O6. The van der Waals surface area contributed by atoms with Gasteiger partial charge in [0.25, 0.3) is 0 Å². The van der Waals surface area contributed by atoms with E-state index in [-0.39, 0.29) is 31.1 Å². The van der Waals surface area contributed by atoms with Gasteiger partial charge >= 0.3 is 17.9 Å². The second-order valence-corrected chi connectivity index (χ2v) is 20.4. The molecule has 1 unspecified atom stereocenters. The summed E-state index contributed by atoms with van der Waals surface area (Å²) in [5, 5.41) is 0. The zero-order valence-corrected chi connectivity index (χ0v) is 42.7. The Bertz CT molecular complexity index is 962. The number of unbranched alkanes of at least 4 members (excludes halogenated alkanes) is 31. The minimum absolute atomic E-state index is 0.0653. The van der Waals surface area contributed by atoms with E-state index >= 15 is 0 Å². The van der Waals surface area contributed by atoms with Crippen LogP contribution in [-0.4, -0.2) is 37.2 Å². The van der Waals surface area contributed by atoms with E-state index in [0.717, 1.165) is 75.5 Å². The first-order valence-corrected chi connectivity index (χ1v) is 27.6. The van der Waals surface area contributed by atoms with E-state index in [0.29, 0.717) is 19.3 Å². The zero-order valence-electron chi connectivity index (χ0n) is 42.7. The van der Waals surface area contributed by atoms with Gasteiger partial charge in [0.2, 0.25) is 0 Å². The van der Waals surface area contributed by atoms with Crippen molar-refractivity contribution in [1.29, 1.82) is 0 Å². The molecule has 0 saturated carbocycles. The summed E-state index contributed by atoms with van der Waals surface area (Å²) in [6.45, 7) is 13.7. The van der Waals surface area contributed by atoms with Gasteiger partial charge in [-0.1, -0.05) is 266 Å². The van der Waals surface area contributed by atoms with Gasteiger partial charge in [0.1, 0.15) is 13.2 Å². The molecule has 0 aliphatic rings. The van der Waals surface area contributed by atoms with Crippen molar-refractivity contribution in [3.63, 3.8) is 0 Å². The van der Waals surface area contributed by atoms with Crippen molar-refractivity contribution in [2.24, 2.45) is 17.8 Å². The molecule has 0 radical (unpaired) electrons. The van der Waals surface area contributed by atoms with Crippen LogP contribution < -0.4 is 0 Å². The van der Waals surface area contributed by atoms with Gasteiger partial charge in [0.05, 0.1) is 0 Å². The number of carbonyl (C=O) groups excluding carboxylic acids is 3. The minimum Gasteiger partial charge on any atom is -0.462 e. The molecule has 0 saturated heterocycles. The fraction of sp³-hybridized carbons (Fsp3) is 0.946. The fourth-order valence-electron chi connectivity index (χ4n) is 8.44. The summed E-state index contributed by atoms with van der Waals surface area (Å²) in [7, 11) is 0. The van der Waals surface area contributed by atoms with Gasteiger partial charge in [0, 0.05) is 19.3 Å². The summed E-state index contributed by atoms with van der Waals surface area (Å²) in [6.07, 6.45) is 48.3. The van der Waals surface area contributed by atoms with Crippen LogP contribution >= 0.6 is 0 Å². The minimum atomic E-state index is -0.763. The molecule has 0 aromatic rings. The molecule has 62 heavy (non-hydrogen) atoms. The maximum Gasteiger partial charge on any atom is 0.306 e. The summed E-state index contributed by atoms with van der Waals surface area (Å²) in [5.74, 6) is 1.63. The second-order valence-electron chi connectivity index (χ2n) is 20.4. The Kier molecular flexibility index (Phi) is 46.2. The predicted octanol–water partition coefficient (Wildman–Crippen LogP) is 17.9. The first kappa shape index (κ1) is 60.4.